The molecule has 1 N–H and O–H groups in total. The molecular formula is C15H29N7O. The number of rotatable bonds is 7. The summed E-state index contributed by atoms with van der Waals surface area (Å²) in [6, 6.07) is 0.837. The number of likely N-dealkylation sites (tertiary alicyclic amines) is 1. The first-order valence-corrected chi connectivity index (χ1v) is 8.39. The van der Waals surface area contributed by atoms with E-state index in [1.807, 2.05) is 7.05 Å². The topological polar surface area (TPSA) is 79.2 Å². The first kappa shape index (κ1) is 17.8. The number of hydrogen-bond acceptors (Lipinski definition) is 6. The largest absolute Gasteiger partial charge is 0.353 e. The summed E-state index contributed by atoms with van der Waals surface area (Å²) in [4.78, 5) is 16.6. The maximum Gasteiger partial charge on any atom is 0.241 e. The highest BCUT2D eigenvalue weighted by atomic mass is 16.2. The summed E-state index contributed by atoms with van der Waals surface area (Å²) in [5.41, 5.74) is 0. The second-order valence-corrected chi connectivity index (χ2v) is 6.70. The fraction of sp³-hybridized carbons (Fsp3) is 0.867. The minimum Gasteiger partial charge on any atom is -0.353 e. The van der Waals surface area contributed by atoms with E-state index < -0.39 is 0 Å². The summed E-state index contributed by atoms with van der Waals surface area (Å²) in [5.74, 6) is 0.677. The van der Waals surface area contributed by atoms with Gasteiger partial charge in [-0.2, -0.15) is 0 Å². The van der Waals surface area contributed by atoms with Crippen LogP contribution in [0.2, 0.25) is 0 Å². The molecular weight excluding hydrogens is 294 g/mol. The predicted molar refractivity (Wildman–Crippen MR) is 87.7 cm³/mol. The summed E-state index contributed by atoms with van der Waals surface area (Å²) in [6.45, 7) is 6.83. The van der Waals surface area contributed by atoms with Crippen LogP contribution in [0.25, 0.3) is 0 Å². The van der Waals surface area contributed by atoms with Crippen molar-refractivity contribution in [2.75, 3.05) is 27.2 Å². The lowest BCUT2D eigenvalue weighted by molar-refractivity contribution is -0.122. The molecule has 0 unspecified atom stereocenters. The number of nitrogens with one attached hydrogen (secondary N) is 1. The van der Waals surface area contributed by atoms with Crippen LogP contribution in [-0.2, 0) is 17.9 Å². The molecule has 1 aromatic heterocycles. The number of tetrazole rings is 1. The van der Waals surface area contributed by atoms with E-state index in [1.165, 1.54) is 12.8 Å². The van der Waals surface area contributed by atoms with Gasteiger partial charge < -0.3 is 10.2 Å². The van der Waals surface area contributed by atoms with Gasteiger partial charge in [0.25, 0.3) is 0 Å². The highest BCUT2D eigenvalue weighted by Crippen LogP contribution is 2.13. The van der Waals surface area contributed by atoms with E-state index in [0.29, 0.717) is 31.0 Å². The molecule has 2 rings (SSSR count). The van der Waals surface area contributed by atoms with Gasteiger partial charge in [-0.1, -0.05) is 6.42 Å². The van der Waals surface area contributed by atoms with Crippen LogP contribution in [0.15, 0.2) is 0 Å². The third-order valence-corrected chi connectivity index (χ3v) is 4.63. The first-order chi connectivity index (χ1) is 11.0. The van der Waals surface area contributed by atoms with Crippen molar-refractivity contribution in [1.29, 1.82) is 0 Å². The van der Waals surface area contributed by atoms with E-state index in [2.05, 4.69) is 51.5 Å². The number of likely N-dealkylation sites (N-methyl/N-ethyl adjacent to an activating group) is 1. The summed E-state index contributed by atoms with van der Waals surface area (Å²) in [7, 11) is 4.14. The number of hydrogen-bond donors (Lipinski definition) is 1. The lowest BCUT2D eigenvalue weighted by Gasteiger charge is -2.32. The second-order valence-electron chi connectivity index (χ2n) is 6.70. The van der Waals surface area contributed by atoms with E-state index in [9.17, 15) is 4.79 Å². The molecule has 1 aliphatic heterocycles. The summed E-state index contributed by atoms with van der Waals surface area (Å²) in [5, 5.41) is 14.7. The van der Waals surface area contributed by atoms with E-state index in [-0.39, 0.29) is 12.5 Å². The van der Waals surface area contributed by atoms with Crippen molar-refractivity contribution < 1.29 is 4.79 Å². The zero-order valence-electron chi connectivity index (χ0n) is 14.7. The smallest absolute Gasteiger partial charge is 0.241 e. The highest BCUT2D eigenvalue weighted by molar-refractivity contribution is 5.75. The molecule has 1 atom stereocenters. The van der Waals surface area contributed by atoms with Crippen molar-refractivity contribution in [3.05, 3.63) is 5.82 Å². The molecule has 8 heteroatoms. The SMILES string of the molecule is CC(C)N(C)Cc1nnnn1CC(=O)NC[C@H]1CCCCN1C. The lowest BCUT2D eigenvalue weighted by atomic mass is 10.0. The van der Waals surface area contributed by atoms with Crippen molar-refractivity contribution >= 4 is 5.91 Å². The van der Waals surface area contributed by atoms with Gasteiger partial charge in [0.1, 0.15) is 6.54 Å². The minimum atomic E-state index is -0.0373. The Hall–Kier alpha value is -1.54. The summed E-state index contributed by atoms with van der Waals surface area (Å²) < 4.78 is 1.58. The average molecular weight is 323 g/mol. The molecule has 2 heterocycles. The van der Waals surface area contributed by atoms with Crippen molar-refractivity contribution in [2.45, 2.75) is 58.3 Å². The van der Waals surface area contributed by atoms with Crippen LogP contribution in [0.1, 0.15) is 38.9 Å². The molecule has 0 aromatic carbocycles. The van der Waals surface area contributed by atoms with Crippen LogP contribution in [-0.4, -0.2) is 75.2 Å². The Morgan fingerprint density at radius 3 is 2.91 bits per heavy atom. The van der Waals surface area contributed by atoms with Crippen LogP contribution < -0.4 is 5.32 Å². The van der Waals surface area contributed by atoms with E-state index in [4.69, 9.17) is 0 Å². The van der Waals surface area contributed by atoms with Crippen LogP contribution >= 0.6 is 0 Å². The molecule has 0 spiro atoms. The Morgan fingerprint density at radius 2 is 2.22 bits per heavy atom. The van der Waals surface area contributed by atoms with Gasteiger partial charge in [-0.05, 0) is 57.8 Å². The Bertz CT molecular complexity index is 502. The number of piperidine rings is 1. The predicted octanol–water partition coefficient (Wildman–Crippen LogP) is 0.114. The number of carbonyl (C=O) groups excluding carboxylic acids is 1. The molecule has 0 saturated carbocycles. The number of amides is 1. The van der Waals surface area contributed by atoms with Crippen molar-refractivity contribution in [2.24, 2.45) is 0 Å². The van der Waals surface area contributed by atoms with Gasteiger partial charge in [0, 0.05) is 18.6 Å². The molecule has 1 aromatic rings. The third-order valence-electron chi connectivity index (χ3n) is 4.63. The fourth-order valence-electron chi connectivity index (χ4n) is 2.69. The molecule has 23 heavy (non-hydrogen) atoms. The minimum absolute atomic E-state index is 0.0373. The molecule has 1 fully saturated rings. The van der Waals surface area contributed by atoms with E-state index in [0.717, 1.165) is 13.0 Å². The average Bonchev–Trinajstić information content (AvgIpc) is 2.93. The van der Waals surface area contributed by atoms with Gasteiger partial charge in [-0.15, -0.1) is 5.10 Å². The summed E-state index contributed by atoms with van der Waals surface area (Å²) in [6.07, 6.45) is 3.63. The molecule has 130 valence electrons. The quantitative estimate of drug-likeness (QED) is 0.767. The Kier molecular flexibility index (Phi) is 6.47. The molecule has 0 aliphatic carbocycles. The third kappa shape index (κ3) is 5.24. The van der Waals surface area contributed by atoms with Gasteiger partial charge in [0.2, 0.25) is 5.91 Å². The number of carbonyl (C=O) groups is 1. The van der Waals surface area contributed by atoms with E-state index in [1.54, 1.807) is 4.68 Å². The molecule has 8 nitrogen and oxygen atoms in total. The highest BCUT2D eigenvalue weighted by Gasteiger charge is 2.20. The van der Waals surface area contributed by atoms with Crippen LogP contribution in [0.4, 0.5) is 0 Å². The molecule has 1 amide bonds. The maximum absolute atomic E-state index is 12.2. The van der Waals surface area contributed by atoms with Gasteiger partial charge in [-0.3, -0.25) is 9.69 Å². The van der Waals surface area contributed by atoms with Gasteiger partial charge in [0.05, 0.1) is 6.54 Å². The number of nitrogens with zero attached hydrogens (tertiary/aromatic N) is 6. The van der Waals surface area contributed by atoms with Crippen LogP contribution in [0.5, 0.6) is 0 Å². The van der Waals surface area contributed by atoms with Crippen LogP contribution in [0, 0.1) is 0 Å². The fourth-order valence-corrected chi connectivity index (χ4v) is 2.69. The Labute approximate surface area is 138 Å². The molecule has 1 aliphatic rings. The monoisotopic (exact) mass is 323 g/mol. The first-order valence-electron chi connectivity index (χ1n) is 8.39. The molecule has 1 saturated heterocycles. The van der Waals surface area contributed by atoms with E-state index >= 15 is 0 Å². The van der Waals surface area contributed by atoms with Crippen molar-refractivity contribution in [3.63, 3.8) is 0 Å². The van der Waals surface area contributed by atoms with Gasteiger partial charge >= 0.3 is 0 Å². The van der Waals surface area contributed by atoms with Gasteiger partial charge in [-0.25, -0.2) is 4.68 Å². The zero-order chi connectivity index (χ0) is 16.8. The lowest BCUT2D eigenvalue weighted by Crippen LogP contribution is -2.45. The normalized spacial score (nSPS) is 19.5. The zero-order valence-corrected chi connectivity index (χ0v) is 14.7. The molecule has 0 radical (unpaired) electrons. The van der Waals surface area contributed by atoms with Crippen molar-refractivity contribution in [3.8, 4) is 0 Å². The maximum atomic E-state index is 12.2. The van der Waals surface area contributed by atoms with Crippen molar-refractivity contribution in [1.82, 2.24) is 35.3 Å². The second kappa shape index (κ2) is 8.35. The Balaban J connectivity index is 1.82. The standard InChI is InChI=1S/C15H29N7O/c1-12(2)21(4)10-14-17-18-19-22(14)11-15(23)16-9-13-7-5-6-8-20(13)3/h12-13H,5-11H2,1-4H3,(H,16,23)/t13-/m1/s1. The van der Waals surface area contributed by atoms with Gasteiger partial charge in [0.15, 0.2) is 5.82 Å². The van der Waals surface area contributed by atoms with Crippen LogP contribution in [0.3, 0.4) is 0 Å². The Morgan fingerprint density at radius 1 is 1.43 bits per heavy atom. The molecule has 0 bridgehead atoms. The number of aromatic nitrogens is 4. The summed E-state index contributed by atoms with van der Waals surface area (Å²) >= 11 is 0.